The number of halogens is 2. The number of fused-ring (bicyclic) bond motifs is 2. The number of nitrogens with zero attached hydrogens (tertiary/aromatic N) is 2. The smallest absolute Gasteiger partial charge is 0.246 e. The van der Waals surface area contributed by atoms with Gasteiger partial charge in [0, 0.05) is 79.2 Å². The number of hydrogen-bond donors (Lipinski definition) is 6. The van der Waals surface area contributed by atoms with Crippen LogP contribution in [0.4, 0.5) is 8.78 Å². The lowest BCUT2D eigenvalue weighted by atomic mass is 9.76. The zero-order chi connectivity index (χ0) is 58.2. The second-order valence-electron chi connectivity index (χ2n) is 24.6. The van der Waals surface area contributed by atoms with Gasteiger partial charge in [-0.15, -0.1) is 0 Å². The lowest BCUT2D eigenvalue weighted by Gasteiger charge is -2.35. The van der Waals surface area contributed by atoms with E-state index in [4.69, 9.17) is 9.47 Å². The predicted octanol–water partition coefficient (Wildman–Crippen LogP) is 6.40. The summed E-state index contributed by atoms with van der Waals surface area (Å²) in [6, 6.07) is 2.71. The fourth-order valence-corrected chi connectivity index (χ4v) is 14.0. The highest BCUT2D eigenvalue weighted by molar-refractivity contribution is 5.95. The average molecular weight is 1140 g/mol. The van der Waals surface area contributed by atoms with Crippen LogP contribution >= 0.6 is 0 Å². The summed E-state index contributed by atoms with van der Waals surface area (Å²) in [6.45, 7) is 6.20. The largest absolute Gasteiger partial charge is 0.493 e. The van der Waals surface area contributed by atoms with Crippen molar-refractivity contribution in [2.45, 2.75) is 198 Å². The van der Waals surface area contributed by atoms with E-state index in [0.29, 0.717) is 80.8 Å². The molecule has 82 heavy (non-hydrogen) atoms. The molecule has 2 aromatic rings. The number of likely N-dealkylation sites (tertiary alicyclic amines) is 2. The number of ketones is 1. The van der Waals surface area contributed by atoms with Gasteiger partial charge in [-0.1, -0.05) is 52.4 Å². The van der Waals surface area contributed by atoms with E-state index in [1.54, 1.807) is 18.9 Å². The predicted molar refractivity (Wildman–Crippen MR) is 301 cm³/mol. The highest BCUT2D eigenvalue weighted by Gasteiger charge is 2.48. The minimum absolute atomic E-state index is 0.0260. The summed E-state index contributed by atoms with van der Waals surface area (Å²) >= 11 is 0. The molecule has 6 N–H and O–H groups in total. The molecule has 3 saturated carbocycles. The Labute approximate surface area is 480 Å². The third-order valence-electron chi connectivity index (χ3n) is 19.2. The standard InChI is InChI=1S/C62H86F2N8O10/c1-5-35(2)56(74)70-55(38-14-10-7-11-15-38)62(80)72-34-44(31-51(72)60(78)69-49-25-27-82-54-23-21-42(64)29-47(49)54)67-58(76)40-18-16-39(17-19-40)57(75)66-43-30-50(59(77)68-48-24-26-81-53-22-20-41(63)28-46(48)53)71(33-43)61(79)45(32-52(73)36(3)65-4)37-12-8-6-9-13-37/h20-23,28-29,35-40,43-45,48-51,55,65H,5-19,24-27,30-34H2,1-4H3,(H,66,75)(H,67,76)(H,68,77)(H,69,78)(H,70,74)/t35-,36+,39?,40?,43+,44+,45+,48-,49-,50+,51+,55+/m1/s1. The van der Waals surface area contributed by atoms with E-state index in [2.05, 4.69) is 31.9 Å². The zero-order valence-corrected chi connectivity index (χ0v) is 48.3. The number of carbonyl (C=O) groups is 8. The van der Waals surface area contributed by atoms with Crippen molar-refractivity contribution < 1.29 is 56.6 Å². The number of benzene rings is 2. The van der Waals surface area contributed by atoms with Crippen molar-refractivity contribution in [3.8, 4) is 11.5 Å². The molecule has 3 aliphatic carbocycles. The molecule has 2 saturated heterocycles. The molecular formula is C62H86F2N8O10. The summed E-state index contributed by atoms with van der Waals surface area (Å²) < 4.78 is 40.6. The normalized spacial score (nSPS) is 27.2. The Kier molecular flexibility index (Phi) is 20.2. The van der Waals surface area contributed by atoms with Gasteiger partial charge in [-0.2, -0.15) is 0 Å². The lowest BCUT2D eigenvalue weighted by Crippen LogP contribution is -2.57. The number of carbonyl (C=O) groups excluding carboxylic acids is 8. The van der Waals surface area contributed by atoms with Gasteiger partial charge in [-0.25, -0.2) is 8.78 Å². The molecule has 5 fully saturated rings. The molecule has 0 radical (unpaired) electrons. The average Bonchev–Trinajstić information content (AvgIpc) is 4.31. The van der Waals surface area contributed by atoms with Gasteiger partial charge in [-0.05, 0) is 133 Å². The highest BCUT2D eigenvalue weighted by Crippen LogP contribution is 2.39. The van der Waals surface area contributed by atoms with E-state index < -0.39 is 89.5 Å². The molecule has 20 heteroatoms. The van der Waals surface area contributed by atoms with Crippen molar-refractivity contribution >= 4 is 47.1 Å². The lowest BCUT2D eigenvalue weighted by molar-refractivity contribution is -0.145. The van der Waals surface area contributed by atoms with Crippen LogP contribution in [0.3, 0.4) is 0 Å². The van der Waals surface area contributed by atoms with Gasteiger partial charge < -0.3 is 51.2 Å². The summed E-state index contributed by atoms with van der Waals surface area (Å²) in [5.41, 5.74) is 1.00. The number of hydrogen-bond acceptors (Lipinski definition) is 11. The van der Waals surface area contributed by atoms with E-state index in [1.807, 2.05) is 13.8 Å². The van der Waals surface area contributed by atoms with Crippen molar-refractivity contribution in [2.75, 3.05) is 33.4 Å². The molecule has 0 spiro atoms. The molecular weight excluding hydrogens is 1050 g/mol. The Morgan fingerprint density at radius 3 is 1.51 bits per heavy atom. The minimum Gasteiger partial charge on any atom is -0.493 e. The van der Waals surface area contributed by atoms with Crippen molar-refractivity contribution in [1.29, 1.82) is 0 Å². The molecule has 9 rings (SSSR count). The molecule has 10 atom stereocenters. The summed E-state index contributed by atoms with van der Waals surface area (Å²) in [5.74, 6) is -4.40. The molecule has 0 bridgehead atoms. The fourth-order valence-electron chi connectivity index (χ4n) is 14.0. The Bertz CT molecular complexity index is 2480. The zero-order valence-electron chi connectivity index (χ0n) is 48.3. The van der Waals surface area contributed by atoms with Gasteiger partial charge in [0.15, 0.2) is 0 Å². The Balaban J connectivity index is 0.862. The monoisotopic (exact) mass is 1140 g/mol. The van der Waals surface area contributed by atoms with E-state index in [-0.39, 0.29) is 85.4 Å². The third kappa shape index (κ3) is 14.2. The van der Waals surface area contributed by atoms with E-state index in [1.165, 1.54) is 41.3 Å². The van der Waals surface area contributed by atoms with Crippen LogP contribution in [0.15, 0.2) is 36.4 Å². The number of nitrogens with one attached hydrogen (secondary N) is 6. The molecule has 7 aliphatic rings. The second-order valence-corrected chi connectivity index (χ2v) is 24.6. The Morgan fingerprint density at radius 2 is 1.05 bits per heavy atom. The molecule has 7 amide bonds. The molecule has 0 unspecified atom stereocenters. The third-order valence-corrected chi connectivity index (χ3v) is 19.2. The van der Waals surface area contributed by atoms with Gasteiger partial charge in [0.1, 0.15) is 47.0 Å². The van der Waals surface area contributed by atoms with E-state index in [9.17, 15) is 47.1 Å². The summed E-state index contributed by atoms with van der Waals surface area (Å²) in [6.07, 6.45) is 12.1. The highest BCUT2D eigenvalue weighted by atomic mass is 19.1. The van der Waals surface area contributed by atoms with Crippen LogP contribution in [-0.4, -0.2) is 127 Å². The topological polar surface area (TPSA) is 234 Å². The van der Waals surface area contributed by atoms with Gasteiger partial charge in [-0.3, -0.25) is 38.4 Å². The molecule has 4 aliphatic heterocycles. The van der Waals surface area contributed by atoms with Crippen molar-refractivity contribution in [2.24, 2.45) is 35.5 Å². The summed E-state index contributed by atoms with van der Waals surface area (Å²) in [7, 11) is 1.70. The summed E-state index contributed by atoms with van der Waals surface area (Å²) in [4.78, 5) is 118. The van der Waals surface area contributed by atoms with Crippen molar-refractivity contribution in [3.63, 3.8) is 0 Å². The SMILES string of the molecule is CC[C@@H](C)C(=O)N[C@H](C(=O)N1C[C@@H](NC(=O)C2CCC(C(=O)N[C@H]3C[C@@H](C(=O)N[C@@H]4CCOc5ccc(F)cc54)N(C(=O)[C@@H](CC(=O)[C@H](C)NC)C4CCCCC4)C3)CC2)C[C@H]1C(=O)N[C@@H]1CCOc2ccc(F)cc21)C1CCCCC1. The van der Waals surface area contributed by atoms with Gasteiger partial charge in [0.05, 0.1) is 31.3 Å². The van der Waals surface area contributed by atoms with Crippen molar-refractivity contribution in [1.82, 2.24) is 41.7 Å². The van der Waals surface area contributed by atoms with Crippen LogP contribution in [0.2, 0.25) is 0 Å². The Hall–Kier alpha value is -6.18. The fraction of sp³-hybridized carbons (Fsp3) is 0.677. The van der Waals surface area contributed by atoms with Gasteiger partial charge in [0.25, 0.3) is 0 Å². The second kappa shape index (κ2) is 27.5. The number of likely N-dealkylation sites (N-methyl/N-ethyl adjacent to an activating group) is 1. The maximum absolute atomic E-state index is 15.0. The minimum atomic E-state index is -0.998. The van der Waals surface area contributed by atoms with Crippen LogP contribution in [0, 0.1) is 47.1 Å². The molecule has 448 valence electrons. The quantitative estimate of drug-likeness (QED) is 0.0902. The molecule has 4 heterocycles. The first kappa shape index (κ1) is 60.4. The number of rotatable bonds is 19. The first-order chi connectivity index (χ1) is 39.5. The first-order valence-electron chi connectivity index (χ1n) is 30.7. The maximum atomic E-state index is 15.0. The van der Waals surface area contributed by atoms with Crippen LogP contribution in [0.25, 0.3) is 0 Å². The molecule has 18 nitrogen and oxygen atoms in total. The van der Waals surface area contributed by atoms with Crippen LogP contribution in [0.5, 0.6) is 11.5 Å². The summed E-state index contributed by atoms with van der Waals surface area (Å²) in [5, 5.41) is 18.6. The maximum Gasteiger partial charge on any atom is 0.246 e. The van der Waals surface area contributed by atoms with E-state index >= 15 is 0 Å². The number of Topliss-reactive ketones (excluding diaryl/α,β-unsaturated/α-hetero) is 1. The van der Waals surface area contributed by atoms with Crippen LogP contribution in [0.1, 0.15) is 172 Å². The molecule has 0 aromatic heterocycles. The van der Waals surface area contributed by atoms with Crippen molar-refractivity contribution in [3.05, 3.63) is 59.2 Å². The van der Waals surface area contributed by atoms with Crippen LogP contribution in [-0.2, 0) is 38.4 Å². The van der Waals surface area contributed by atoms with E-state index in [0.717, 1.165) is 64.2 Å². The number of ether oxygens (including phenoxy) is 2. The van der Waals surface area contributed by atoms with Crippen LogP contribution < -0.4 is 41.4 Å². The Morgan fingerprint density at radius 1 is 0.585 bits per heavy atom. The molecule has 2 aromatic carbocycles. The first-order valence-corrected chi connectivity index (χ1v) is 30.7. The van der Waals surface area contributed by atoms with Gasteiger partial charge >= 0.3 is 0 Å². The number of amides is 7. The van der Waals surface area contributed by atoms with Gasteiger partial charge in [0.2, 0.25) is 41.4 Å².